The standard InChI is InChI=1S/C18H21N5O2S/c1-11-9-12(2)16(13(3)10-11)26(24,25)23-14(4)17-20-18(22-21-17)15-5-7-19-8-6-15/h5-10,14,23H,1-4H3,(H,20,21,22)/t14-/m1/s1. The second-order valence-corrected chi connectivity index (χ2v) is 8.00. The number of rotatable bonds is 5. The highest BCUT2D eigenvalue weighted by Crippen LogP contribution is 2.24. The van der Waals surface area contributed by atoms with Crippen LogP contribution in [0.5, 0.6) is 0 Å². The van der Waals surface area contributed by atoms with Gasteiger partial charge in [0, 0.05) is 18.0 Å². The van der Waals surface area contributed by atoms with E-state index in [-0.39, 0.29) is 0 Å². The van der Waals surface area contributed by atoms with E-state index in [9.17, 15) is 8.42 Å². The molecule has 1 aromatic carbocycles. The number of nitrogens with one attached hydrogen (secondary N) is 2. The molecular weight excluding hydrogens is 350 g/mol. The second kappa shape index (κ2) is 6.97. The Bertz CT molecular complexity index is 1010. The minimum absolute atomic E-state index is 0.309. The minimum Gasteiger partial charge on any atom is -0.265 e. The van der Waals surface area contributed by atoms with Gasteiger partial charge in [-0.15, -0.1) is 0 Å². The Morgan fingerprint density at radius 1 is 1.08 bits per heavy atom. The van der Waals surface area contributed by atoms with Crippen LogP contribution >= 0.6 is 0 Å². The number of H-pyrrole nitrogens is 1. The molecule has 7 nitrogen and oxygen atoms in total. The molecular formula is C18H21N5O2S. The van der Waals surface area contributed by atoms with Crippen LogP contribution in [-0.4, -0.2) is 28.6 Å². The van der Waals surface area contributed by atoms with E-state index < -0.39 is 16.1 Å². The van der Waals surface area contributed by atoms with Gasteiger partial charge in [0.05, 0.1) is 10.9 Å². The zero-order valence-electron chi connectivity index (χ0n) is 15.1. The lowest BCUT2D eigenvalue weighted by atomic mass is 10.1. The highest BCUT2D eigenvalue weighted by atomic mass is 32.2. The first-order chi connectivity index (χ1) is 12.3. The largest absolute Gasteiger partial charge is 0.265 e. The fraction of sp³-hybridized carbons (Fsp3) is 0.278. The molecule has 3 aromatic rings. The Morgan fingerprint density at radius 3 is 2.31 bits per heavy atom. The average molecular weight is 371 g/mol. The van der Waals surface area contributed by atoms with Gasteiger partial charge < -0.3 is 0 Å². The molecule has 0 fully saturated rings. The second-order valence-electron chi connectivity index (χ2n) is 6.35. The van der Waals surface area contributed by atoms with Crippen LogP contribution in [0.1, 0.15) is 35.5 Å². The Hall–Kier alpha value is -2.58. The van der Waals surface area contributed by atoms with Crippen molar-refractivity contribution in [2.24, 2.45) is 0 Å². The fourth-order valence-corrected chi connectivity index (χ4v) is 4.70. The Morgan fingerprint density at radius 2 is 1.69 bits per heavy atom. The SMILES string of the molecule is Cc1cc(C)c(S(=O)(=O)N[C@H](C)c2nc(-c3ccncc3)n[nH]2)c(C)c1. The van der Waals surface area contributed by atoms with Gasteiger partial charge in [0.25, 0.3) is 0 Å². The molecule has 0 bridgehead atoms. The first kappa shape index (κ1) is 18.2. The van der Waals surface area contributed by atoms with Crippen LogP contribution in [0.3, 0.4) is 0 Å². The molecule has 8 heteroatoms. The van der Waals surface area contributed by atoms with Crippen molar-refractivity contribution in [1.29, 1.82) is 0 Å². The van der Waals surface area contributed by atoms with Crippen molar-refractivity contribution in [3.63, 3.8) is 0 Å². The highest BCUT2D eigenvalue weighted by molar-refractivity contribution is 7.89. The monoisotopic (exact) mass is 371 g/mol. The Kier molecular flexibility index (Phi) is 4.88. The molecule has 2 aromatic heterocycles. The maximum absolute atomic E-state index is 12.9. The van der Waals surface area contributed by atoms with E-state index in [4.69, 9.17) is 0 Å². The van der Waals surface area contributed by atoms with E-state index in [0.29, 0.717) is 16.5 Å². The molecule has 0 saturated carbocycles. The molecule has 0 aliphatic rings. The summed E-state index contributed by atoms with van der Waals surface area (Å²) in [7, 11) is -3.69. The van der Waals surface area contributed by atoms with Crippen LogP contribution in [0.2, 0.25) is 0 Å². The van der Waals surface area contributed by atoms with E-state index in [2.05, 4.69) is 24.9 Å². The lowest BCUT2D eigenvalue weighted by Gasteiger charge is -2.16. The molecule has 0 spiro atoms. The molecule has 2 N–H and O–H groups in total. The van der Waals surface area contributed by atoms with E-state index in [0.717, 1.165) is 22.3 Å². The summed E-state index contributed by atoms with van der Waals surface area (Å²) in [6, 6.07) is 6.76. The minimum atomic E-state index is -3.69. The smallest absolute Gasteiger partial charge is 0.241 e. The van der Waals surface area contributed by atoms with E-state index in [1.165, 1.54) is 0 Å². The maximum atomic E-state index is 12.9. The third kappa shape index (κ3) is 3.66. The number of aromatic amines is 1. The van der Waals surface area contributed by atoms with Crippen molar-refractivity contribution in [3.8, 4) is 11.4 Å². The van der Waals surface area contributed by atoms with Crippen LogP contribution in [0.25, 0.3) is 11.4 Å². The molecule has 0 saturated heterocycles. The van der Waals surface area contributed by atoms with Crippen LogP contribution in [0.4, 0.5) is 0 Å². The number of pyridine rings is 1. The lowest BCUT2D eigenvalue weighted by Crippen LogP contribution is -2.28. The summed E-state index contributed by atoms with van der Waals surface area (Å²) in [5.74, 6) is 0.943. The van der Waals surface area contributed by atoms with Gasteiger partial charge in [-0.3, -0.25) is 10.1 Å². The van der Waals surface area contributed by atoms with Crippen molar-refractivity contribution in [3.05, 3.63) is 59.2 Å². The van der Waals surface area contributed by atoms with Gasteiger partial charge in [-0.05, 0) is 51.0 Å². The van der Waals surface area contributed by atoms with Crippen molar-refractivity contribution < 1.29 is 8.42 Å². The molecule has 0 unspecified atom stereocenters. The zero-order valence-corrected chi connectivity index (χ0v) is 15.9. The van der Waals surface area contributed by atoms with Gasteiger partial charge in [0.2, 0.25) is 10.0 Å². The van der Waals surface area contributed by atoms with Gasteiger partial charge >= 0.3 is 0 Å². The topological polar surface area (TPSA) is 101 Å². The van der Waals surface area contributed by atoms with Gasteiger partial charge in [-0.1, -0.05) is 17.7 Å². The number of benzene rings is 1. The summed E-state index contributed by atoms with van der Waals surface area (Å²) in [5.41, 5.74) is 3.28. The molecule has 1 atom stereocenters. The predicted octanol–water partition coefficient (Wildman–Crippen LogP) is 2.83. The van der Waals surface area contributed by atoms with E-state index >= 15 is 0 Å². The lowest BCUT2D eigenvalue weighted by molar-refractivity contribution is 0.559. The molecule has 0 radical (unpaired) electrons. The molecule has 2 heterocycles. The zero-order chi connectivity index (χ0) is 18.9. The van der Waals surface area contributed by atoms with E-state index in [1.807, 2.05) is 19.1 Å². The normalized spacial score (nSPS) is 12.9. The van der Waals surface area contributed by atoms with Gasteiger partial charge in [-0.25, -0.2) is 18.1 Å². The molecule has 3 rings (SSSR count). The average Bonchev–Trinajstić information content (AvgIpc) is 3.04. The summed E-state index contributed by atoms with van der Waals surface area (Å²) in [6.45, 7) is 7.28. The van der Waals surface area contributed by atoms with Crippen molar-refractivity contribution in [2.75, 3.05) is 0 Å². The maximum Gasteiger partial charge on any atom is 0.241 e. The molecule has 0 amide bonds. The molecule has 0 aliphatic carbocycles. The number of sulfonamides is 1. The molecule has 0 aliphatic heterocycles. The quantitative estimate of drug-likeness (QED) is 0.718. The number of aryl methyl sites for hydroxylation is 3. The highest BCUT2D eigenvalue weighted by Gasteiger charge is 2.24. The van der Waals surface area contributed by atoms with Gasteiger partial charge in [0.15, 0.2) is 5.82 Å². The van der Waals surface area contributed by atoms with Gasteiger partial charge in [0.1, 0.15) is 5.82 Å². The van der Waals surface area contributed by atoms with Crippen molar-refractivity contribution >= 4 is 10.0 Å². The third-order valence-corrected chi connectivity index (χ3v) is 5.90. The Balaban J connectivity index is 1.86. The van der Waals surface area contributed by atoms with Gasteiger partial charge in [-0.2, -0.15) is 5.10 Å². The summed E-state index contributed by atoms with van der Waals surface area (Å²) in [6.07, 6.45) is 3.31. The van der Waals surface area contributed by atoms with Crippen LogP contribution in [0, 0.1) is 20.8 Å². The summed E-state index contributed by atoms with van der Waals surface area (Å²) >= 11 is 0. The van der Waals surface area contributed by atoms with Crippen molar-refractivity contribution in [1.82, 2.24) is 24.9 Å². The number of aromatic nitrogens is 4. The van der Waals surface area contributed by atoms with Crippen LogP contribution in [-0.2, 0) is 10.0 Å². The van der Waals surface area contributed by atoms with Crippen LogP contribution in [0.15, 0.2) is 41.6 Å². The summed E-state index contributed by atoms with van der Waals surface area (Å²) < 4.78 is 28.4. The Labute approximate surface area is 153 Å². The predicted molar refractivity (Wildman–Crippen MR) is 99.0 cm³/mol. The number of hydrogen-bond donors (Lipinski definition) is 2. The van der Waals surface area contributed by atoms with E-state index in [1.54, 1.807) is 45.3 Å². The fourth-order valence-electron chi connectivity index (χ4n) is 3.04. The number of nitrogens with zero attached hydrogens (tertiary/aromatic N) is 3. The number of hydrogen-bond acceptors (Lipinski definition) is 5. The van der Waals surface area contributed by atoms with Crippen LogP contribution < -0.4 is 4.72 Å². The third-order valence-electron chi connectivity index (χ3n) is 4.06. The summed E-state index contributed by atoms with van der Waals surface area (Å²) in [5, 5.41) is 6.97. The van der Waals surface area contributed by atoms with Crippen molar-refractivity contribution in [2.45, 2.75) is 38.6 Å². The molecule has 136 valence electrons. The first-order valence-corrected chi connectivity index (χ1v) is 9.69. The summed E-state index contributed by atoms with van der Waals surface area (Å²) in [4.78, 5) is 8.66. The molecule has 26 heavy (non-hydrogen) atoms. The first-order valence-electron chi connectivity index (χ1n) is 8.21.